The van der Waals surface area contributed by atoms with Crippen LogP contribution in [-0.2, 0) is 14.3 Å². The second kappa shape index (κ2) is 8.55. The van der Waals surface area contributed by atoms with Crippen LogP contribution >= 0.6 is 11.6 Å². The number of carbonyl (C=O) groups excluding carboxylic acids is 2. The van der Waals surface area contributed by atoms with Crippen LogP contribution in [0.4, 0.5) is 11.4 Å². The Kier molecular flexibility index (Phi) is 7.04. The van der Waals surface area contributed by atoms with E-state index in [-0.39, 0.29) is 11.8 Å². The zero-order valence-electron chi connectivity index (χ0n) is 11.7. The fourth-order valence-corrected chi connectivity index (χ4v) is 1.81. The Morgan fingerprint density at radius 3 is 2.65 bits per heavy atom. The molecule has 0 atom stereocenters. The van der Waals surface area contributed by atoms with Crippen molar-refractivity contribution in [3.05, 3.63) is 23.2 Å². The first-order valence-electron chi connectivity index (χ1n) is 6.39. The third-order valence-electron chi connectivity index (χ3n) is 2.56. The molecule has 0 spiro atoms. The van der Waals surface area contributed by atoms with Gasteiger partial charge in [0.2, 0.25) is 11.8 Å². The molecule has 1 aromatic rings. The van der Waals surface area contributed by atoms with E-state index in [2.05, 4.69) is 10.6 Å². The van der Waals surface area contributed by atoms with Crippen molar-refractivity contribution in [3.8, 4) is 0 Å². The number of carbonyl (C=O) groups is 2. The number of nitrogens with one attached hydrogen (secondary N) is 2. The summed E-state index contributed by atoms with van der Waals surface area (Å²) in [6.07, 6.45) is 2.05. The summed E-state index contributed by atoms with van der Waals surface area (Å²) in [6.45, 7) is 2.05. The highest BCUT2D eigenvalue weighted by Gasteiger charge is 2.06. The van der Waals surface area contributed by atoms with E-state index < -0.39 is 0 Å². The van der Waals surface area contributed by atoms with Gasteiger partial charge in [0.25, 0.3) is 0 Å². The van der Waals surface area contributed by atoms with Crippen molar-refractivity contribution in [2.24, 2.45) is 0 Å². The molecule has 1 aromatic carbocycles. The smallest absolute Gasteiger partial charge is 0.224 e. The van der Waals surface area contributed by atoms with Gasteiger partial charge in [-0.1, -0.05) is 11.6 Å². The lowest BCUT2D eigenvalue weighted by atomic mass is 10.2. The Morgan fingerprint density at radius 2 is 2.00 bits per heavy atom. The van der Waals surface area contributed by atoms with E-state index in [1.165, 1.54) is 6.92 Å². The lowest BCUT2D eigenvalue weighted by molar-refractivity contribution is -0.116. The van der Waals surface area contributed by atoms with Gasteiger partial charge < -0.3 is 15.4 Å². The summed E-state index contributed by atoms with van der Waals surface area (Å²) in [6, 6.07) is 4.96. The minimum atomic E-state index is -0.213. The van der Waals surface area contributed by atoms with Crippen LogP contribution in [0.2, 0.25) is 5.02 Å². The van der Waals surface area contributed by atoms with Gasteiger partial charge in [-0.3, -0.25) is 9.59 Å². The Hall–Kier alpha value is -1.59. The van der Waals surface area contributed by atoms with Gasteiger partial charge in [-0.25, -0.2) is 0 Å². The molecule has 2 amide bonds. The van der Waals surface area contributed by atoms with E-state index in [1.807, 2.05) is 0 Å². The standard InChI is InChI=1S/C14H19ClN2O3/c1-10(18)16-13-9-11(6-7-12(13)15)17-14(19)5-3-4-8-20-2/h6-7,9H,3-5,8H2,1-2H3,(H,16,18)(H,17,19). The zero-order valence-corrected chi connectivity index (χ0v) is 12.4. The Labute approximate surface area is 123 Å². The molecule has 2 N–H and O–H groups in total. The molecule has 0 unspecified atom stereocenters. The molecule has 0 aliphatic heterocycles. The van der Waals surface area contributed by atoms with Crippen molar-refractivity contribution < 1.29 is 14.3 Å². The fraction of sp³-hybridized carbons (Fsp3) is 0.429. The molecule has 0 aliphatic rings. The second-order valence-electron chi connectivity index (χ2n) is 4.37. The van der Waals surface area contributed by atoms with Crippen molar-refractivity contribution in [1.29, 1.82) is 0 Å². The number of anilines is 2. The van der Waals surface area contributed by atoms with Gasteiger partial charge in [0.05, 0.1) is 10.7 Å². The van der Waals surface area contributed by atoms with Crippen LogP contribution in [0.15, 0.2) is 18.2 Å². The van der Waals surface area contributed by atoms with Crippen molar-refractivity contribution in [1.82, 2.24) is 0 Å². The molecule has 20 heavy (non-hydrogen) atoms. The maximum atomic E-state index is 11.7. The summed E-state index contributed by atoms with van der Waals surface area (Å²) in [7, 11) is 1.64. The average molecular weight is 299 g/mol. The molecule has 1 rings (SSSR count). The second-order valence-corrected chi connectivity index (χ2v) is 4.78. The quantitative estimate of drug-likeness (QED) is 0.760. The largest absolute Gasteiger partial charge is 0.385 e. The molecule has 5 nitrogen and oxygen atoms in total. The van der Waals surface area contributed by atoms with Crippen LogP contribution in [0.25, 0.3) is 0 Å². The molecule has 110 valence electrons. The number of methoxy groups -OCH3 is 1. The van der Waals surface area contributed by atoms with Gasteiger partial charge in [0.1, 0.15) is 0 Å². The molecular weight excluding hydrogens is 280 g/mol. The first kappa shape index (κ1) is 16.5. The highest BCUT2D eigenvalue weighted by atomic mass is 35.5. The number of amides is 2. The highest BCUT2D eigenvalue weighted by Crippen LogP contribution is 2.25. The van der Waals surface area contributed by atoms with Crippen molar-refractivity contribution in [3.63, 3.8) is 0 Å². The van der Waals surface area contributed by atoms with Gasteiger partial charge in [-0.05, 0) is 31.0 Å². The molecule has 0 aromatic heterocycles. The van der Waals surface area contributed by atoms with Crippen LogP contribution in [0.5, 0.6) is 0 Å². The van der Waals surface area contributed by atoms with Gasteiger partial charge >= 0.3 is 0 Å². The number of benzene rings is 1. The van der Waals surface area contributed by atoms with Gasteiger partial charge in [-0.2, -0.15) is 0 Å². The molecule has 0 bridgehead atoms. The van der Waals surface area contributed by atoms with Crippen molar-refractivity contribution >= 4 is 34.8 Å². The minimum Gasteiger partial charge on any atom is -0.385 e. The minimum absolute atomic E-state index is 0.0720. The third-order valence-corrected chi connectivity index (χ3v) is 2.89. The predicted octanol–water partition coefficient (Wildman–Crippen LogP) is 3.05. The Bertz CT molecular complexity index is 477. The summed E-state index contributed by atoms with van der Waals surface area (Å²) in [5.74, 6) is -0.285. The highest BCUT2D eigenvalue weighted by molar-refractivity contribution is 6.33. The van der Waals surface area contributed by atoms with E-state index in [4.69, 9.17) is 16.3 Å². The lowest BCUT2D eigenvalue weighted by Crippen LogP contribution is -2.12. The first-order chi connectivity index (χ1) is 9.52. The van der Waals surface area contributed by atoms with Crippen LogP contribution in [0.1, 0.15) is 26.2 Å². The van der Waals surface area contributed by atoms with Crippen LogP contribution in [0, 0.1) is 0 Å². The molecule has 0 saturated heterocycles. The van der Waals surface area contributed by atoms with Crippen molar-refractivity contribution in [2.75, 3.05) is 24.4 Å². The fourth-order valence-electron chi connectivity index (χ4n) is 1.64. The zero-order chi connectivity index (χ0) is 15.0. The van der Waals surface area contributed by atoms with E-state index in [0.717, 1.165) is 12.8 Å². The molecule has 0 saturated carbocycles. The predicted molar refractivity (Wildman–Crippen MR) is 80.1 cm³/mol. The SMILES string of the molecule is COCCCCC(=O)Nc1ccc(Cl)c(NC(C)=O)c1. The van der Waals surface area contributed by atoms with Crippen LogP contribution in [0.3, 0.4) is 0 Å². The van der Waals surface area contributed by atoms with E-state index >= 15 is 0 Å². The van der Waals surface area contributed by atoms with Gasteiger partial charge in [0.15, 0.2) is 0 Å². The number of halogens is 1. The summed E-state index contributed by atoms with van der Waals surface area (Å²) >= 11 is 5.95. The monoisotopic (exact) mass is 298 g/mol. The molecule has 0 radical (unpaired) electrons. The lowest BCUT2D eigenvalue weighted by Gasteiger charge is -2.09. The molecule has 0 heterocycles. The maximum Gasteiger partial charge on any atom is 0.224 e. The number of ether oxygens (including phenoxy) is 1. The number of hydrogen-bond donors (Lipinski definition) is 2. The van der Waals surface area contributed by atoms with Gasteiger partial charge in [0, 0.05) is 32.7 Å². The Balaban J connectivity index is 2.54. The van der Waals surface area contributed by atoms with E-state index in [0.29, 0.717) is 29.4 Å². The van der Waals surface area contributed by atoms with Crippen LogP contribution in [-0.4, -0.2) is 25.5 Å². The number of rotatable bonds is 7. The number of unbranched alkanes of at least 4 members (excludes halogenated alkanes) is 1. The first-order valence-corrected chi connectivity index (χ1v) is 6.76. The molecule has 0 fully saturated rings. The molecular formula is C14H19ClN2O3. The number of hydrogen-bond acceptors (Lipinski definition) is 3. The van der Waals surface area contributed by atoms with E-state index in [1.54, 1.807) is 25.3 Å². The Morgan fingerprint density at radius 1 is 1.25 bits per heavy atom. The topological polar surface area (TPSA) is 67.4 Å². The summed E-state index contributed by atoms with van der Waals surface area (Å²) < 4.78 is 4.92. The van der Waals surface area contributed by atoms with Crippen LogP contribution < -0.4 is 10.6 Å². The summed E-state index contributed by atoms with van der Waals surface area (Å²) in [5.41, 5.74) is 1.09. The summed E-state index contributed by atoms with van der Waals surface area (Å²) in [4.78, 5) is 22.8. The molecule has 6 heteroatoms. The van der Waals surface area contributed by atoms with Gasteiger partial charge in [-0.15, -0.1) is 0 Å². The third kappa shape index (κ3) is 6.04. The molecule has 0 aliphatic carbocycles. The van der Waals surface area contributed by atoms with Crippen molar-refractivity contribution in [2.45, 2.75) is 26.2 Å². The average Bonchev–Trinajstić information content (AvgIpc) is 2.38. The van der Waals surface area contributed by atoms with E-state index in [9.17, 15) is 9.59 Å². The normalized spacial score (nSPS) is 10.2. The summed E-state index contributed by atoms with van der Waals surface area (Å²) in [5, 5.41) is 5.81. The maximum absolute atomic E-state index is 11.7.